The van der Waals surface area contributed by atoms with Crippen LogP contribution in [0.25, 0.3) is 0 Å². The molecule has 5 nitrogen and oxygen atoms in total. The first-order valence-corrected chi connectivity index (χ1v) is 12.0. The third kappa shape index (κ3) is 4.06. The number of amides is 1. The number of carbonyl (C=O) groups is 1. The smallest absolute Gasteiger partial charge is 0.230 e. The molecule has 0 spiro atoms. The molecule has 6 rings (SSSR count). The monoisotopic (exact) mass is 388 g/mol. The lowest BCUT2D eigenvalue weighted by molar-refractivity contribution is -0.124. The minimum absolute atomic E-state index is 0.109. The van der Waals surface area contributed by atoms with Gasteiger partial charge in [-0.25, -0.2) is 4.98 Å². The highest BCUT2D eigenvalue weighted by atomic mass is 32.2. The van der Waals surface area contributed by atoms with Crippen LogP contribution in [0, 0.1) is 23.7 Å². The number of H-pyrrole nitrogens is 1. The van der Waals surface area contributed by atoms with Gasteiger partial charge in [-0.1, -0.05) is 37.4 Å². The second kappa shape index (κ2) is 7.41. The van der Waals surface area contributed by atoms with Crippen LogP contribution >= 0.6 is 11.8 Å². The number of nitrogens with zero attached hydrogens (tertiary/aromatic N) is 2. The molecule has 0 unspecified atom stereocenters. The van der Waals surface area contributed by atoms with Gasteiger partial charge in [0.2, 0.25) is 11.1 Å². The van der Waals surface area contributed by atoms with E-state index in [-0.39, 0.29) is 11.4 Å². The fraction of sp³-hybridized carbons (Fsp3) is 0.857. The summed E-state index contributed by atoms with van der Waals surface area (Å²) in [5, 5.41) is 11.5. The van der Waals surface area contributed by atoms with E-state index in [1.807, 2.05) is 0 Å². The molecule has 1 heterocycles. The average Bonchev–Trinajstić information content (AvgIpc) is 3.28. The van der Waals surface area contributed by atoms with Crippen molar-refractivity contribution in [2.24, 2.45) is 23.7 Å². The fourth-order valence-electron chi connectivity index (χ4n) is 6.82. The lowest BCUT2D eigenvalue weighted by atomic mass is 9.53. The molecule has 0 aromatic carbocycles. The van der Waals surface area contributed by atoms with Gasteiger partial charge < -0.3 is 5.32 Å². The quantitative estimate of drug-likeness (QED) is 0.690. The molecular weight excluding hydrogens is 356 g/mol. The number of carbonyl (C=O) groups excluding carboxylic acids is 1. The van der Waals surface area contributed by atoms with E-state index in [0.29, 0.717) is 5.75 Å². The van der Waals surface area contributed by atoms with Crippen molar-refractivity contribution in [1.29, 1.82) is 0 Å². The molecule has 1 aromatic rings. The molecule has 148 valence electrons. The van der Waals surface area contributed by atoms with Crippen LogP contribution in [0.5, 0.6) is 0 Å². The summed E-state index contributed by atoms with van der Waals surface area (Å²) >= 11 is 1.47. The van der Waals surface area contributed by atoms with E-state index >= 15 is 0 Å². The maximum atomic E-state index is 12.6. The molecule has 0 saturated heterocycles. The Hall–Kier alpha value is -1.04. The van der Waals surface area contributed by atoms with Crippen molar-refractivity contribution in [3.8, 4) is 0 Å². The number of aromatic amines is 1. The molecule has 6 heteroatoms. The topological polar surface area (TPSA) is 70.7 Å². The van der Waals surface area contributed by atoms with Gasteiger partial charge in [0.05, 0.1) is 5.75 Å². The first kappa shape index (κ1) is 18.0. The second-order valence-electron chi connectivity index (χ2n) is 9.79. The van der Waals surface area contributed by atoms with Crippen LogP contribution in [-0.2, 0) is 11.2 Å². The van der Waals surface area contributed by atoms with E-state index in [0.717, 1.165) is 41.1 Å². The molecule has 0 aliphatic heterocycles. The fourth-order valence-corrected chi connectivity index (χ4v) is 7.44. The summed E-state index contributed by atoms with van der Waals surface area (Å²) in [6, 6.07) is 0. The van der Waals surface area contributed by atoms with Gasteiger partial charge in [0.25, 0.3) is 0 Å². The van der Waals surface area contributed by atoms with Crippen LogP contribution in [0.15, 0.2) is 5.16 Å². The van der Waals surface area contributed by atoms with Crippen molar-refractivity contribution in [2.45, 2.75) is 87.7 Å². The average molecular weight is 389 g/mol. The molecule has 1 aromatic heterocycles. The van der Waals surface area contributed by atoms with Crippen molar-refractivity contribution in [3.05, 3.63) is 5.82 Å². The normalized spacial score (nSPS) is 35.0. The number of rotatable bonds is 7. The molecule has 5 aliphatic rings. The Balaban J connectivity index is 1.09. The van der Waals surface area contributed by atoms with Gasteiger partial charge in [-0.2, -0.15) is 0 Å². The third-order valence-corrected chi connectivity index (χ3v) is 8.40. The van der Waals surface area contributed by atoms with Crippen LogP contribution < -0.4 is 5.32 Å². The predicted molar refractivity (Wildman–Crippen MR) is 106 cm³/mol. The van der Waals surface area contributed by atoms with E-state index in [1.54, 1.807) is 0 Å². The molecule has 1 amide bonds. The van der Waals surface area contributed by atoms with E-state index in [1.165, 1.54) is 82.4 Å². The molecular formula is C21H32N4OS. The lowest BCUT2D eigenvalue weighted by Gasteiger charge is -2.56. The Morgan fingerprint density at radius 3 is 2.44 bits per heavy atom. The van der Waals surface area contributed by atoms with Crippen LogP contribution in [0.4, 0.5) is 0 Å². The Labute approximate surface area is 166 Å². The van der Waals surface area contributed by atoms with Gasteiger partial charge in [0, 0.05) is 12.0 Å². The maximum Gasteiger partial charge on any atom is 0.230 e. The minimum atomic E-state index is 0.109. The van der Waals surface area contributed by atoms with Gasteiger partial charge in [0.15, 0.2) is 0 Å². The Morgan fingerprint density at radius 2 is 1.78 bits per heavy atom. The number of hydrogen-bond donors (Lipinski definition) is 2. The molecule has 5 fully saturated rings. The van der Waals surface area contributed by atoms with Gasteiger partial charge >= 0.3 is 0 Å². The summed E-state index contributed by atoms with van der Waals surface area (Å²) < 4.78 is 0. The zero-order valence-corrected chi connectivity index (χ0v) is 17.0. The maximum absolute atomic E-state index is 12.6. The zero-order valence-electron chi connectivity index (χ0n) is 16.2. The summed E-state index contributed by atoms with van der Waals surface area (Å²) in [5.41, 5.74) is 0.109. The highest BCUT2D eigenvalue weighted by Gasteiger charge is 2.51. The summed E-state index contributed by atoms with van der Waals surface area (Å²) in [4.78, 5) is 17.2. The Morgan fingerprint density at radius 1 is 1.11 bits per heavy atom. The van der Waals surface area contributed by atoms with Crippen molar-refractivity contribution >= 4 is 17.7 Å². The summed E-state index contributed by atoms with van der Waals surface area (Å²) in [6.07, 6.45) is 15.6. The van der Waals surface area contributed by atoms with Crippen molar-refractivity contribution in [3.63, 3.8) is 0 Å². The van der Waals surface area contributed by atoms with Crippen LogP contribution in [0.2, 0.25) is 0 Å². The Kier molecular flexibility index (Phi) is 4.95. The predicted octanol–water partition coefficient (Wildman–Crippen LogP) is 4.10. The summed E-state index contributed by atoms with van der Waals surface area (Å²) in [7, 11) is 0. The zero-order chi connectivity index (χ0) is 18.3. The van der Waals surface area contributed by atoms with Crippen LogP contribution in [0.3, 0.4) is 0 Å². The largest absolute Gasteiger partial charge is 0.350 e. The van der Waals surface area contributed by atoms with Crippen LogP contribution in [-0.4, -0.2) is 32.4 Å². The molecule has 0 atom stereocenters. The summed E-state index contributed by atoms with van der Waals surface area (Å²) in [5.74, 6) is 5.03. The molecule has 5 aliphatic carbocycles. The highest BCUT2D eigenvalue weighted by Crippen LogP contribution is 2.55. The molecule has 27 heavy (non-hydrogen) atoms. The van der Waals surface area contributed by atoms with Crippen molar-refractivity contribution < 1.29 is 4.79 Å². The van der Waals surface area contributed by atoms with Gasteiger partial charge in [-0.15, -0.1) is 5.10 Å². The van der Waals surface area contributed by atoms with Gasteiger partial charge in [0.1, 0.15) is 5.82 Å². The SMILES string of the molecule is O=C(CSc1n[nH]c(CCC2CCCC2)n1)NC12CC3CC(CC(C3)C1)C2. The van der Waals surface area contributed by atoms with Crippen molar-refractivity contribution in [1.82, 2.24) is 20.5 Å². The van der Waals surface area contributed by atoms with E-state index < -0.39 is 0 Å². The van der Waals surface area contributed by atoms with E-state index in [9.17, 15) is 4.79 Å². The second-order valence-corrected chi connectivity index (χ2v) is 10.7. The molecule has 0 radical (unpaired) electrons. The first-order chi connectivity index (χ1) is 13.2. The molecule has 4 bridgehead atoms. The number of hydrogen-bond acceptors (Lipinski definition) is 4. The highest BCUT2D eigenvalue weighted by molar-refractivity contribution is 7.99. The lowest BCUT2D eigenvalue weighted by Crippen LogP contribution is -2.60. The van der Waals surface area contributed by atoms with E-state index in [4.69, 9.17) is 0 Å². The first-order valence-electron chi connectivity index (χ1n) is 11.0. The van der Waals surface area contributed by atoms with Gasteiger partial charge in [-0.05, 0) is 68.6 Å². The number of aromatic nitrogens is 3. The minimum Gasteiger partial charge on any atom is -0.350 e. The standard InChI is InChI=1S/C21H32N4OS/c26-19(23-21-10-15-7-16(11-21)9-17(8-15)12-21)13-27-20-22-18(24-25-20)6-5-14-3-1-2-4-14/h14-17H,1-13H2,(H,23,26)(H,22,24,25). The summed E-state index contributed by atoms with van der Waals surface area (Å²) in [6.45, 7) is 0. The van der Waals surface area contributed by atoms with E-state index in [2.05, 4.69) is 20.5 Å². The van der Waals surface area contributed by atoms with Crippen LogP contribution in [0.1, 0.15) is 76.5 Å². The Bertz CT molecular complexity index is 646. The number of aryl methyl sites for hydroxylation is 1. The number of nitrogens with one attached hydrogen (secondary N) is 2. The molecule has 2 N–H and O–H groups in total. The molecule has 5 saturated carbocycles. The third-order valence-electron chi connectivity index (χ3n) is 7.55. The van der Waals surface area contributed by atoms with Gasteiger partial charge in [-0.3, -0.25) is 9.89 Å². The number of thioether (sulfide) groups is 1. The van der Waals surface area contributed by atoms with Crippen molar-refractivity contribution in [2.75, 3.05) is 5.75 Å².